The molecular formula is C23H22BrN3O4. The van der Waals surface area contributed by atoms with Gasteiger partial charge in [0.2, 0.25) is 17.7 Å². The second kappa shape index (κ2) is 7.25. The molecule has 7 nitrogen and oxygen atoms in total. The number of likely N-dealkylation sites (tertiary alicyclic amines) is 1. The summed E-state index contributed by atoms with van der Waals surface area (Å²) in [5.41, 5.74) is 0.859. The molecule has 3 heterocycles. The lowest BCUT2D eigenvalue weighted by Gasteiger charge is -2.30. The average molecular weight is 484 g/mol. The Kier molecular flexibility index (Phi) is 4.76. The normalized spacial score (nSPS) is 30.0. The molecule has 2 aromatic rings. The van der Waals surface area contributed by atoms with Crippen molar-refractivity contribution in [2.24, 2.45) is 11.8 Å². The van der Waals surface area contributed by atoms with Crippen LogP contribution in [-0.2, 0) is 26.3 Å². The van der Waals surface area contributed by atoms with Crippen LogP contribution in [0.25, 0.3) is 0 Å². The summed E-state index contributed by atoms with van der Waals surface area (Å²) in [6.45, 7) is 1.82. The summed E-state index contributed by atoms with van der Waals surface area (Å²) in [7, 11) is 0. The number of imide groups is 1. The predicted molar refractivity (Wildman–Crippen MR) is 117 cm³/mol. The highest BCUT2D eigenvalue weighted by Crippen LogP contribution is 2.53. The van der Waals surface area contributed by atoms with Gasteiger partial charge < -0.3 is 10.4 Å². The van der Waals surface area contributed by atoms with Crippen molar-refractivity contribution in [3.8, 4) is 0 Å². The van der Waals surface area contributed by atoms with Gasteiger partial charge in [-0.1, -0.05) is 46.3 Å². The first-order valence-electron chi connectivity index (χ1n) is 10.3. The zero-order chi connectivity index (χ0) is 21.9. The van der Waals surface area contributed by atoms with Crippen LogP contribution in [0, 0.1) is 11.8 Å². The Morgan fingerprint density at radius 1 is 1.13 bits per heavy atom. The molecule has 3 amide bonds. The van der Waals surface area contributed by atoms with Crippen LogP contribution in [0.2, 0.25) is 0 Å². The Labute approximate surface area is 187 Å². The lowest BCUT2D eigenvalue weighted by molar-refractivity contribution is -0.143. The largest absolute Gasteiger partial charge is 0.392 e. The van der Waals surface area contributed by atoms with Crippen LogP contribution in [0.15, 0.2) is 53.0 Å². The number of rotatable bonds is 4. The molecule has 2 saturated heterocycles. The third-order valence-electron chi connectivity index (χ3n) is 6.69. The molecule has 0 saturated carbocycles. The molecule has 1 spiro atoms. The summed E-state index contributed by atoms with van der Waals surface area (Å²) in [6.07, 6.45) is -0.381. The van der Waals surface area contributed by atoms with Gasteiger partial charge in [0.05, 0.1) is 17.9 Å². The van der Waals surface area contributed by atoms with Crippen molar-refractivity contribution in [1.29, 1.82) is 0 Å². The van der Waals surface area contributed by atoms with Gasteiger partial charge in [-0.25, -0.2) is 0 Å². The van der Waals surface area contributed by atoms with Gasteiger partial charge in [-0.05, 0) is 37.1 Å². The fourth-order valence-electron chi connectivity index (χ4n) is 5.28. The van der Waals surface area contributed by atoms with Gasteiger partial charge in [-0.15, -0.1) is 0 Å². The number of anilines is 1. The summed E-state index contributed by atoms with van der Waals surface area (Å²) in [5.74, 6) is -2.79. The molecule has 3 aliphatic rings. The van der Waals surface area contributed by atoms with Crippen molar-refractivity contribution in [2.75, 3.05) is 11.9 Å². The highest BCUT2D eigenvalue weighted by molar-refractivity contribution is 9.10. The van der Waals surface area contributed by atoms with Crippen LogP contribution in [-0.4, -0.2) is 46.4 Å². The lowest BCUT2D eigenvalue weighted by Crippen LogP contribution is -2.55. The number of fused-ring (bicyclic) bond motifs is 4. The summed E-state index contributed by atoms with van der Waals surface area (Å²) in [6, 6.07) is 14.3. The molecule has 3 aliphatic heterocycles. The maximum absolute atomic E-state index is 13.6. The minimum Gasteiger partial charge on any atom is -0.392 e. The van der Waals surface area contributed by atoms with Crippen molar-refractivity contribution in [2.45, 2.75) is 31.0 Å². The highest BCUT2D eigenvalue weighted by Gasteiger charge is 2.71. The highest BCUT2D eigenvalue weighted by atomic mass is 79.9. The van der Waals surface area contributed by atoms with E-state index in [1.807, 2.05) is 36.4 Å². The molecule has 0 bridgehead atoms. The number of hydrogen-bond acceptors (Lipinski definition) is 5. The van der Waals surface area contributed by atoms with E-state index in [0.717, 1.165) is 10.0 Å². The summed E-state index contributed by atoms with van der Waals surface area (Å²) in [5, 5.41) is 16.5. The van der Waals surface area contributed by atoms with Crippen molar-refractivity contribution in [1.82, 2.24) is 10.2 Å². The lowest BCUT2D eigenvalue weighted by atomic mass is 9.76. The number of aliphatic hydroxyl groups excluding tert-OH is 1. The van der Waals surface area contributed by atoms with Gasteiger partial charge in [0.1, 0.15) is 5.54 Å². The topological polar surface area (TPSA) is 98.7 Å². The summed E-state index contributed by atoms with van der Waals surface area (Å²) < 4.78 is 0.763. The molecule has 31 heavy (non-hydrogen) atoms. The third-order valence-corrected chi connectivity index (χ3v) is 7.18. The van der Waals surface area contributed by atoms with E-state index >= 15 is 0 Å². The van der Waals surface area contributed by atoms with Crippen LogP contribution in [0.4, 0.5) is 5.69 Å². The third kappa shape index (κ3) is 2.89. The Morgan fingerprint density at radius 2 is 1.87 bits per heavy atom. The number of aliphatic hydroxyl groups is 1. The summed E-state index contributed by atoms with van der Waals surface area (Å²) >= 11 is 3.44. The first kappa shape index (κ1) is 20.4. The standard InChI is InChI=1S/C23H22BrN3O4/c1-12(28)19-17-18(21(30)27(20(17)29)10-9-13-5-3-2-4-6-13)23(26-19)15-11-14(24)7-8-16(15)25-22(23)31/h2-8,11-12,17-19,26,28H,9-10H2,1H3,(H,25,31)/t12-,17+,18+,19+,23+/m1/s1. The van der Waals surface area contributed by atoms with Gasteiger partial charge in [0, 0.05) is 28.3 Å². The van der Waals surface area contributed by atoms with E-state index in [9.17, 15) is 19.5 Å². The van der Waals surface area contributed by atoms with Gasteiger partial charge in [-0.3, -0.25) is 24.6 Å². The predicted octanol–water partition coefficient (Wildman–Crippen LogP) is 1.79. The van der Waals surface area contributed by atoms with Crippen molar-refractivity contribution in [3.05, 3.63) is 64.1 Å². The monoisotopic (exact) mass is 483 g/mol. The van der Waals surface area contributed by atoms with Crippen molar-refractivity contribution in [3.63, 3.8) is 0 Å². The smallest absolute Gasteiger partial charge is 0.250 e. The molecule has 3 N–H and O–H groups in total. The van der Waals surface area contributed by atoms with E-state index < -0.39 is 29.5 Å². The van der Waals surface area contributed by atoms with Crippen LogP contribution in [0.3, 0.4) is 0 Å². The van der Waals surface area contributed by atoms with E-state index in [4.69, 9.17) is 0 Å². The molecule has 0 aliphatic carbocycles. The Bertz CT molecular complexity index is 1090. The molecule has 5 atom stereocenters. The van der Waals surface area contributed by atoms with Crippen LogP contribution in [0.5, 0.6) is 0 Å². The Morgan fingerprint density at radius 3 is 2.58 bits per heavy atom. The molecule has 0 radical (unpaired) electrons. The minimum atomic E-state index is -1.39. The fraction of sp³-hybridized carbons (Fsp3) is 0.348. The summed E-state index contributed by atoms with van der Waals surface area (Å²) in [4.78, 5) is 41.5. The SMILES string of the molecule is C[C@@H](O)[C@@H]1N[C@]2(C(=O)Nc3ccc(Br)cc32)[C@@H]2C(=O)N(CCc3ccccc3)C(=O)[C@H]12. The maximum Gasteiger partial charge on any atom is 0.250 e. The number of nitrogens with one attached hydrogen (secondary N) is 2. The maximum atomic E-state index is 13.6. The number of carbonyl (C=O) groups is 3. The molecule has 2 aromatic carbocycles. The molecule has 0 aromatic heterocycles. The molecule has 0 unspecified atom stereocenters. The molecule has 160 valence electrons. The Hall–Kier alpha value is -2.55. The van der Waals surface area contributed by atoms with E-state index in [2.05, 4.69) is 26.6 Å². The van der Waals surface area contributed by atoms with Gasteiger partial charge in [0.25, 0.3) is 0 Å². The number of halogens is 1. The van der Waals surface area contributed by atoms with Crippen LogP contribution in [0.1, 0.15) is 18.1 Å². The van der Waals surface area contributed by atoms with Crippen LogP contribution >= 0.6 is 15.9 Å². The first-order chi connectivity index (χ1) is 14.8. The average Bonchev–Trinajstić information content (AvgIpc) is 3.33. The van der Waals surface area contributed by atoms with Gasteiger partial charge in [-0.2, -0.15) is 0 Å². The number of carbonyl (C=O) groups excluding carboxylic acids is 3. The van der Waals surface area contributed by atoms with E-state index in [0.29, 0.717) is 17.7 Å². The Balaban J connectivity index is 1.55. The quantitative estimate of drug-likeness (QED) is 0.575. The second-order valence-electron chi connectivity index (χ2n) is 8.43. The molecular weight excluding hydrogens is 462 g/mol. The van der Waals surface area contributed by atoms with E-state index in [1.165, 1.54) is 4.90 Å². The fourth-order valence-corrected chi connectivity index (χ4v) is 5.65. The zero-order valence-electron chi connectivity index (χ0n) is 16.8. The second-order valence-corrected chi connectivity index (χ2v) is 9.35. The zero-order valence-corrected chi connectivity index (χ0v) is 18.4. The number of hydrogen-bond donors (Lipinski definition) is 3. The minimum absolute atomic E-state index is 0.240. The number of amides is 3. The number of benzene rings is 2. The van der Waals surface area contributed by atoms with Gasteiger partial charge in [0.15, 0.2) is 0 Å². The molecule has 2 fully saturated rings. The van der Waals surface area contributed by atoms with Gasteiger partial charge >= 0.3 is 0 Å². The van der Waals surface area contributed by atoms with Crippen molar-refractivity contribution >= 4 is 39.3 Å². The van der Waals surface area contributed by atoms with E-state index in [-0.39, 0.29) is 24.3 Å². The molecule has 5 rings (SSSR count). The van der Waals surface area contributed by atoms with Crippen LogP contribution < -0.4 is 10.6 Å². The molecule has 8 heteroatoms. The van der Waals surface area contributed by atoms with E-state index in [1.54, 1.807) is 19.1 Å². The number of nitrogens with zero attached hydrogens (tertiary/aromatic N) is 1. The van der Waals surface area contributed by atoms with Crippen molar-refractivity contribution < 1.29 is 19.5 Å². The first-order valence-corrected chi connectivity index (χ1v) is 11.1.